The molecule has 142 valence electrons. The maximum Gasteiger partial charge on any atom is 0.337 e. The molecule has 0 radical (unpaired) electrons. The second kappa shape index (κ2) is 8.73. The van der Waals surface area contributed by atoms with Crippen molar-refractivity contribution in [3.8, 4) is 0 Å². The first-order valence-corrected chi connectivity index (χ1v) is 8.88. The van der Waals surface area contributed by atoms with Gasteiger partial charge in [-0.15, -0.1) is 0 Å². The number of benzene rings is 1. The van der Waals surface area contributed by atoms with E-state index < -0.39 is 5.97 Å². The normalized spacial score (nSPS) is 17.2. The minimum Gasteiger partial charge on any atom is -0.465 e. The zero-order valence-electron chi connectivity index (χ0n) is 15.3. The molecule has 0 unspecified atom stereocenters. The Kier molecular flexibility index (Phi) is 6.13. The monoisotopic (exact) mass is 370 g/mol. The van der Waals surface area contributed by atoms with Gasteiger partial charge in [-0.05, 0) is 17.7 Å². The van der Waals surface area contributed by atoms with Crippen molar-refractivity contribution >= 4 is 23.2 Å². The van der Waals surface area contributed by atoms with Gasteiger partial charge in [0.1, 0.15) is 11.6 Å². The number of hydrogen-bond donors (Lipinski definition) is 0. The van der Waals surface area contributed by atoms with Gasteiger partial charge in [0, 0.05) is 44.1 Å². The second-order valence-electron chi connectivity index (χ2n) is 6.51. The largest absolute Gasteiger partial charge is 0.465 e. The van der Waals surface area contributed by atoms with Gasteiger partial charge in [-0.25, -0.2) is 9.79 Å². The number of allylic oxidation sites excluding steroid dienone is 1. The predicted octanol–water partition coefficient (Wildman–Crippen LogP) is 1.56. The lowest BCUT2D eigenvalue weighted by molar-refractivity contribution is -0.117. The topological polar surface area (TPSA) is 85.3 Å². The highest BCUT2D eigenvalue weighted by Crippen LogP contribution is 2.17. The van der Waals surface area contributed by atoms with Crippen molar-refractivity contribution in [1.29, 1.82) is 0 Å². The molecule has 7 heteroatoms. The highest BCUT2D eigenvalue weighted by molar-refractivity contribution is 6.14. The zero-order chi connectivity index (χ0) is 19.2. The SMILES string of the molecule is COC(=O)c1cccc(CC(=O)CC2=NC(N3CCOCC3)=CC(=O)C2)c1. The summed E-state index contributed by atoms with van der Waals surface area (Å²) >= 11 is 0. The molecule has 0 aromatic heterocycles. The first kappa shape index (κ1) is 19.0. The van der Waals surface area contributed by atoms with E-state index in [0.717, 1.165) is 5.56 Å². The number of morpholine rings is 1. The van der Waals surface area contributed by atoms with Crippen LogP contribution in [0.15, 0.2) is 41.2 Å². The van der Waals surface area contributed by atoms with Gasteiger partial charge in [0.2, 0.25) is 0 Å². The number of nitrogens with zero attached hydrogens (tertiary/aromatic N) is 2. The number of hydrogen-bond acceptors (Lipinski definition) is 7. The number of Topliss-reactive ketones (excluding diaryl/α,β-unsaturated/α-hetero) is 1. The second-order valence-corrected chi connectivity index (χ2v) is 6.51. The summed E-state index contributed by atoms with van der Waals surface area (Å²) < 4.78 is 10.0. The number of esters is 1. The van der Waals surface area contributed by atoms with Gasteiger partial charge in [-0.1, -0.05) is 12.1 Å². The molecule has 0 aliphatic carbocycles. The highest BCUT2D eigenvalue weighted by Gasteiger charge is 2.21. The van der Waals surface area contributed by atoms with E-state index in [1.54, 1.807) is 30.3 Å². The molecule has 0 spiro atoms. The van der Waals surface area contributed by atoms with Gasteiger partial charge in [-0.3, -0.25) is 9.59 Å². The third-order valence-electron chi connectivity index (χ3n) is 4.43. The van der Waals surface area contributed by atoms with Crippen molar-refractivity contribution in [2.24, 2.45) is 4.99 Å². The standard InChI is InChI=1S/C20H22N2O5/c1-26-20(25)15-4-2-3-14(9-15)10-17(23)11-16-12-18(24)13-19(21-16)22-5-7-27-8-6-22/h2-4,9,13H,5-8,10-12H2,1H3. The third-order valence-corrected chi connectivity index (χ3v) is 4.43. The van der Waals surface area contributed by atoms with Crippen LogP contribution >= 0.6 is 0 Å². The molecule has 0 saturated carbocycles. The van der Waals surface area contributed by atoms with E-state index in [0.29, 0.717) is 43.4 Å². The van der Waals surface area contributed by atoms with E-state index in [1.807, 2.05) is 4.90 Å². The molecule has 1 aromatic rings. The molecule has 0 amide bonds. The van der Waals surface area contributed by atoms with Crippen molar-refractivity contribution in [2.75, 3.05) is 33.4 Å². The van der Waals surface area contributed by atoms with Gasteiger partial charge in [0.05, 0.1) is 25.9 Å². The van der Waals surface area contributed by atoms with Crippen LogP contribution in [-0.2, 0) is 25.5 Å². The lowest BCUT2D eigenvalue weighted by Crippen LogP contribution is -2.36. The molecule has 2 heterocycles. The minimum atomic E-state index is -0.438. The Morgan fingerprint density at radius 1 is 1.22 bits per heavy atom. The first-order chi connectivity index (χ1) is 13.0. The van der Waals surface area contributed by atoms with Crippen molar-refractivity contribution in [1.82, 2.24) is 4.90 Å². The Bertz CT molecular complexity index is 806. The molecule has 0 N–H and O–H groups in total. The quantitative estimate of drug-likeness (QED) is 0.707. The van der Waals surface area contributed by atoms with Crippen molar-refractivity contribution < 1.29 is 23.9 Å². The van der Waals surface area contributed by atoms with E-state index >= 15 is 0 Å². The number of methoxy groups -OCH3 is 1. The van der Waals surface area contributed by atoms with E-state index in [1.165, 1.54) is 7.11 Å². The molecule has 1 fully saturated rings. The van der Waals surface area contributed by atoms with Crippen LogP contribution in [0, 0.1) is 0 Å². The molecule has 1 saturated heterocycles. The fraction of sp³-hybridized carbons (Fsp3) is 0.400. The number of carbonyl (C=O) groups is 3. The summed E-state index contributed by atoms with van der Waals surface area (Å²) in [6, 6.07) is 6.80. The minimum absolute atomic E-state index is 0.0398. The number of carbonyl (C=O) groups excluding carboxylic acids is 3. The van der Waals surface area contributed by atoms with Crippen LogP contribution in [0.3, 0.4) is 0 Å². The number of ether oxygens (including phenoxy) is 2. The van der Waals surface area contributed by atoms with Gasteiger partial charge in [0.15, 0.2) is 5.78 Å². The highest BCUT2D eigenvalue weighted by atomic mass is 16.5. The Hall–Kier alpha value is -2.80. The van der Waals surface area contributed by atoms with E-state index in [9.17, 15) is 14.4 Å². The van der Waals surface area contributed by atoms with Gasteiger partial charge in [-0.2, -0.15) is 0 Å². The summed E-state index contributed by atoms with van der Waals surface area (Å²) in [4.78, 5) is 42.6. The van der Waals surface area contributed by atoms with E-state index in [-0.39, 0.29) is 30.8 Å². The molecule has 1 aromatic carbocycles. The molecule has 0 atom stereocenters. The van der Waals surface area contributed by atoms with Crippen molar-refractivity contribution in [3.63, 3.8) is 0 Å². The van der Waals surface area contributed by atoms with Gasteiger partial charge in [0.25, 0.3) is 0 Å². The molecule has 2 aliphatic rings. The molecular weight excluding hydrogens is 348 g/mol. The van der Waals surface area contributed by atoms with Crippen LogP contribution in [0.2, 0.25) is 0 Å². The van der Waals surface area contributed by atoms with Crippen molar-refractivity contribution in [2.45, 2.75) is 19.3 Å². The Balaban J connectivity index is 1.65. The summed E-state index contributed by atoms with van der Waals surface area (Å²) in [5.74, 6) is 0.0886. The summed E-state index contributed by atoms with van der Waals surface area (Å²) in [7, 11) is 1.32. The van der Waals surface area contributed by atoms with E-state index in [4.69, 9.17) is 9.47 Å². The zero-order valence-corrected chi connectivity index (χ0v) is 15.3. The molecule has 27 heavy (non-hydrogen) atoms. The summed E-state index contributed by atoms with van der Waals surface area (Å²) in [6.45, 7) is 2.58. The Morgan fingerprint density at radius 3 is 2.74 bits per heavy atom. The van der Waals surface area contributed by atoms with Crippen LogP contribution in [-0.4, -0.2) is 61.6 Å². The number of ketones is 2. The smallest absolute Gasteiger partial charge is 0.337 e. The molecule has 2 aliphatic heterocycles. The maximum atomic E-state index is 12.5. The lowest BCUT2D eigenvalue weighted by Gasteiger charge is -2.30. The van der Waals surface area contributed by atoms with Crippen LogP contribution in [0.4, 0.5) is 0 Å². The summed E-state index contributed by atoms with van der Waals surface area (Å²) in [5.41, 5.74) is 1.72. The predicted molar refractivity (Wildman–Crippen MR) is 98.6 cm³/mol. The maximum absolute atomic E-state index is 12.5. The first-order valence-electron chi connectivity index (χ1n) is 8.88. The number of rotatable bonds is 6. The third kappa shape index (κ3) is 5.10. The molecule has 3 rings (SSSR count). The van der Waals surface area contributed by atoms with Crippen LogP contribution in [0.25, 0.3) is 0 Å². The van der Waals surface area contributed by atoms with Crippen LogP contribution in [0.5, 0.6) is 0 Å². The van der Waals surface area contributed by atoms with Gasteiger partial charge >= 0.3 is 5.97 Å². The van der Waals surface area contributed by atoms with E-state index in [2.05, 4.69) is 4.99 Å². The summed E-state index contributed by atoms with van der Waals surface area (Å²) in [5, 5.41) is 0. The Labute approximate surface area is 157 Å². The van der Waals surface area contributed by atoms with Crippen LogP contribution < -0.4 is 0 Å². The van der Waals surface area contributed by atoms with Crippen molar-refractivity contribution in [3.05, 3.63) is 47.3 Å². The van der Waals surface area contributed by atoms with Gasteiger partial charge < -0.3 is 14.4 Å². The number of aliphatic imine (C=N–C) groups is 1. The fourth-order valence-corrected chi connectivity index (χ4v) is 3.13. The Morgan fingerprint density at radius 2 is 2.00 bits per heavy atom. The van der Waals surface area contributed by atoms with Crippen LogP contribution in [0.1, 0.15) is 28.8 Å². The average Bonchev–Trinajstić information content (AvgIpc) is 2.67. The lowest BCUT2D eigenvalue weighted by atomic mass is 10.00. The fourth-order valence-electron chi connectivity index (χ4n) is 3.13. The molecule has 7 nitrogen and oxygen atoms in total. The average molecular weight is 370 g/mol. The summed E-state index contributed by atoms with van der Waals surface area (Å²) in [6.07, 6.45) is 2.01. The molecular formula is C20H22N2O5. The molecule has 0 bridgehead atoms.